The topological polar surface area (TPSA) is 131 Å². The van der Waals surface area contributed by atoms with Gasteiger partial charge in [-0.1, -0.05) is 0 Å². The smallest absolute Gasteiger partial charge is 0.325 e. The summed E-state index contributed by atoms with van der Waals surface area (Å²) in [5.74, 6) is -1.17. The van der Waals surface area contributed by atoms with E-state index >= 15 is 0 Å². The van der Waals surface area contributed by atoms with Gasteiger partial charge in [0, 0.05) is 17.8 Å². The van der Waals surface area contributed by atoms with Crippen molar-refractivity contribution in [1.82, 2.24) is 0 Å². The number of nitrogens with two attached hydrogens (primary N) is 1. The number of hydrogen-bond acceptors (Lipinski definition) is 4. The van der Waals surface area contributed by atoms with Crippen LogP contribution in [0.15, 0.2) is 29.3 Å². The van der Waals surface area contributed by atoms with Crippen LogP contribution in [0.4, 0.5) is 11.4 Å². The molecule has 0 saturated heterocycles. The number of guanidine groups is 1. The SMILES string of the molecule is NC(=NCC(=O)O)Nc1ccc([N+](=O)[O-])cc1. The molecule has 0 radical (unpaired) electrons. The number of nitro benzene ring substituents is 1. The van der Waals surface area contributed by atoms with Gasteiger partial charge in [0.25, 0.3) is 5.69 Å². The number of nitro groups is 1. The number of anilines is 1. The number of hydrogen-bond donors (Lipinski definition) is 3. The van der Waals surface area contributed by atoms with Gasteiger partial charge in [0.2, 0.25) is 0 Å². The Labute approximate surface area is 95.9 Å². The molecule has 0 saturated carbocycles. The molecular weight excluding hydrogens is 228 g/mol. The van der Waals surface area contributed by atoms with Crippen LogP contribution in [0.3, 0.4) is 0 Å². The minimum Gasteiger partial charge on any atom is -0.480 e. The number of aliphatic carboxylic acids is 1. The Morgan fingerprint density at radius 1 is 1.47 bits per heavy atom. The maximum absolute atomic E-state index is 10.4. The zero-order chi connectivity index (χ0) is 12.8. The van der Waals surface area contributed by atoms with Crippen LogP contribution < -0.4 is 11.1 Å². The molecule has 0 fully saturated rings. The lowest BCUT2D eigenvalue weighted by atomic mass is 10.3. The fourth-order valence-corrected chi connectivity index (χ4v) is 1.01. The van der Waals surface area contributed by atoms with Gasteiger partial charge < -0.3 is 16.2 Å². The molecule has 0 aliphatic rings. The fraction of sp³-hybridized carbons (Fsp3) is 0.111. The molecule has 1 rings (SSSR count). The first-order chi connectivity index (χ1) is 7.99. The molecule has 1 aromatic carbocycles. The van der Waals surface area contributed by atoms with Crippen molar-refractivity contribution in [2.75, 3.05) is 11.9 Å². The summed E-state index contributed by atoms with van der Waals surface area (Å²) < 4.78 is 0. The summed E-state index contributed by atoms with van der Waals surface area (Å²) in [7, 11) is 0. The predicted octanol–water partition coefficient (Wildman–Crippen LogP) is 0.406. The summed E-state index contributed by atoms with van der Waals surface area (Å²) in [5.41, 5.74) is 5.84. The number of non-ortho nitro benzene ring substituents is 1. The first-order valence-corrected chi connectivity index (χ1v) is 4.52. The lowest BCUT2D eigenvalue weighted by Gasteiger charge is -2.04. The lowest BCUT2D eigenvalue weighted by Crippen LogP contribution is -2.23. The van der Waals surface area contributed by atoms with Crippen molar-refractivity contribution in [2.24, 2.45) is 10.7 Å². The van der Waals surface area contributed by atoms with Gasteiger partial charge in [-0.25, -0.2) is 4.99 Å². The number of nitrogens with one attached hydrogen (secondary N) is 1. The molecule has 8 nitrogen and oxygen atoms in total. The van der Waals surface area contributed by atoms with Crippen LogP contribution >= 0.6 is 0 Å². The van der Waals surface area contributed by atoms with Crippen molar-refractivity contribution in [3.63, 3.8) is 0 Å². The summed E-state index contributed by atoms with van der Waals surface area (Å²) in [6, 6.07) is 5.49. The van der Waals surface area contributed by atoms with E-state index in [1.54, 1.807) is 0 Å². The first-order valence-electron chi connectivity index (χ1n) is 4.52. The zero-order valence-electron chi connectivity index (χ0n) is 8.66. The van der Waals surface area contributed by atoms with Crippen LogP contribution in [0.25, 0.3) is 0 Å². The van der Waals surface area contributed by atoms with Crippen LogP contribution in [0, 0.1) is 10.1 Å². The molecule has 0 bridgehead atoms. The lowest BCUT2D eigenvalue weighted by molar-refractivity contribution is -0.384. The van der Waals surface area contributed by atoms with E-state index < -0.39 is 17.4 Å². The third kappa shape index (κ3) is 4.16. The minimum absolute atomic E-state index is 0.0448. The molecule has 0 aliphatic carbocycles. The standard InChI is InChI=1S/C9H10N4O4/c10-9(11-5-8(14)15)12-6-1-3-7(4-2-6)13(16)17/h1-4H,5H2,(H,14,15)(H3,10,11,12). The predicted molar refractivity (Wildman–Crippen MR) is 60.8 cm³/mol. The van der Waals surface area contributed by atoms with Crippen LogP contribution in [0.5, 0.6) is 0 Å². The molecule has 1 aromatic rings. The number of benzene rings is 1. The Hall–Kier alpha value is -2.64. The monoisotopic (exact) mass is 238 g/mol. The van der Waals surface area contributed by atoms with Crippen LogP contribution in [0.2, 0.25) is 0 Å². The molecule has 8 heteroatoms. The van der Waals surface area contributed by atoms with E-state index in [0.29, 0.717) is 5.69 Å². The summed E-state index contributed by atoms with van der Waals surface area (Å²) in [6.07, 6.45) is 0. The molecule has 0 unspecified atom stereocenters. The molecule has 0 atom stereocenters. The second kappa shape index (κ2) is 5.45. The number of rotatable bonds is 4. The Kier molecular flexibility index (Phi) is 3.98. The fourth-order valence-electron chi connectivity index (χ4n) is 1.01. The van der Waals surface area contributed by atoms with Crippen LogP contribution in [-0.4, -0.2) is 28.5 Å². The highest BCUT2D eigenvalue weighted by Gasteiger charge is 2.04. The van der Waals surface area contributed by atoms with E-state index in [-0.39, 0.29) is 11.6 Å². The Bertz CT molecular complexity index is 455. The number of aliphatic imine (C=N–C) groups is 1. The maximum atomic E-state index is 10.4. The van der Waals surface area contributed by atoms with Crippen molar-refractivity contribution >= 4 is 23.3 Å². The van der Waals surface area contributed by atoms with E-state index in [1.807, 2.05) is 0 Å². The summed E-state index contributed by atoms with van der Waals surface area (Å²) in [5, 5.41) is 21.3. The highest BCUT2D eigenvalue weighted by Crippen LogP contribution is 2.14. The van der Waals surface area contributed by atoms with Gasteiger partial charge in [0.05, 0.1) is 4.92 Å². The van der Waals surface area contributed by atoms with Crippen molar-refractivity contribution in [2.45, 2.75) is 0 Å². The molecule has 90 valence electrons. The van der Waals surface area contributed by atoms with E-state index in [9.17, 15) is 14.9 Å². The second-order valence-corrected chi connectivity index (χ2v) is 3.02. The van der Waals surface area contributed by atoms with Crippen molar-refractivity contribution in [1.29, 1.82) is 0 Å². The van der Waals surface area contributed by atoms with Gasteiger partial charge in [0.15, 0.2) is 5.96 Å². The van der Waals surface area contributed by atoms with Crippen LogP contribution in [-0.2, 0) is 4.79 Å². The summed E-state index contributed by atoms with van der Waals surface area (Å²) >= 11 is 0. The Balaban J connectivity index is 2.66. The minimum atomic E-state index is -1.10. The van der Waals surface area contributed by atoms with Gasteiger partial charge in [-0.05, 0) is 12.1 Å². The van der Waals surface area contributed by atoms with E-state index in [1.165, 1.54) is 24.3 Å². The average molecular weight is 238 g/mol. The Morgan fingerprint density at radius 2 is 2.06 bits per heavy atom. The quantitative estimate of drug-likeness (QED) is 0.301. The van der Waals surface area contributed by atoms with Gasteiger partial charge in [-0.15, -0.1) is 0 Å². The maximum Gasteiger partial charge on any atom is 0.325 e. The normalized spacial score (nSPS) is 10.9. The van der Waals surface area contributed by atoms with Crippen molar-refractivity contribution in [3.05, 3.63) is 34.4 Å². The summed E-state index contributed by atoms with van der Waals surface area (Å²) in [4.78, 5) is 23.6. The van der Waals surface area contributed by atoms with E-state index in [4.69, 9.17) is 10.8 Å². The van der Waals surface area contributed by atoms with Gasteiger partial charge >= 0.3 is 5.97 Å². The van der Waals surface area contributed by atoms with E-state index in [2.05, 4.69) is 10.3 Å². The van der Waals surface area contributed by atoms with Gasteiger partial charge in [-0.2, -0.15) is 0 Å². The largest absolute Gasteiger partial charge is 0.480 e. The molecule has 0 heterocycles. The van der Waals surface area contributed by atoms with Crippen molar-refractivity contribution in [3.8, 4) is 0 Å². The molecule has 17 heavy (non-hydrogen) atoms. The molecule has 0 aliphatic heterocycles. The number of carboxylic acids is 1. The first kappa shape index (κ1) is 12.4. The third-order valence-electron chi connectivity index (χ3n) is 1.74. The molecular formula is C9H10N4O4. The molecule has 0 amide bonds. The molecule has 4 N–H and O–H groups in total. The second-order valence-electron chi connectivity index (χ2n) is 3.02. The molecule has 0 aromatic heterocycles. The number of nitrogens with zero attached hydrogens (tertiary/aromatic N) is 2. The number of carbonyl (C=O) groups is 1. The average Bonchev–Trinajstić information content (AvgIpc) is 2.27. The van der Waals surface area contributed by atoms with Gasteiger partial charge in [-0.3, -0.25) is 14.9 Å². The third-order valence-corrected chi connectivity index (χ3v) is 1.74. The molecule has 0 spiro atoms. The highest BCUT2D eigenvalue weighted by molar-refractivity contribution is 5.93. The Morgan fingerprint density at radius 3 is 2.53 bits per heavy atom. The van der Waals surface area contributed by atoms with Crippen molar-refractivity contribution < 1.29 is 14.8 Å². The zero-order valence-corrected chi connectivity index (χ0v) is 8.66. The highest BCUT2D eigenvalue weighted by atomic mass is 16.6. The van der Waals surface area contributed by atoms with Gasteiger partial charge in [0.1, 0.15) is 6.54 Å². The number of carboxylic acid groups (broad SMARTS) is 1. The van der Waals surface area contributed by atoms with E-state index in [0.717, 1.165) is 0 Å². The van der Waals surface area contributed by atoms with Crippen LogP contribution in [0.1, 0.15) is 0 Å². The summed E-state index contributed by atoms with van der Waals surface area (Å²) in [6.45, 7) is -0.439.